The number of hydrogen-bond acceptors (Lipinski definition) is 3. The van der Waals surface area contributed by atoms with E-state index in [1.807, 2.05) is 31.2 Å². The van der Waals surface area contributed by atoms with Gasteiger partial charge in [-0.15, -0.1) is 5.10 Å². The van der Waals surface area contributed by atoms with Crippen LogP contribution in [0, 0.1) is 6.92 Å². The molecular formula is C16H16N4O. The van der Waals surface area contributed by atoms with Crippen LogP contribution in [0.25, 0.3) is 16.7 Å². The summed E-state index contributed by atoms with van der Waals surface area (Å²) >= 11 is 0. The minimum Gasteiger partial charge on any atom is -0.288 e. The van der Waals surface area contributed by atoms with Gasteiger partial charge in [0.1, 0.15) is 0 Å². The lowest BCUT2D eigenvalue weighted by Crippen LogP contribution is -2.15. The van der Waals surface area contributed by atoms with E-state index in [9.17, 15) is 4.79 Å². The maximum Gasteiger partial charge on any atom is 0.299 e. The normalized spacial score (nSPS) is 14.3. The largest absolute Gasteiger partial charge is 0.299 e. The molecule has 0 atom stereocenters. The Kier molecular flexibility index (Phi) is 2.67. The van der Waals surface area contributed by atoms with Crippen molar-refractivity contribution in [2.75, 3.05) is 0 Å². The van der Waals surface area contributed by atoms with Crippen molar-refractivity contribution in [3.8, 4) is 5.69 Å². The average molecular weight is 280 g/mol. The maximum atomic E-state index is 12.5. The molecule has 0 saturated carbocycles. The molecule has 4 rings (SSSR count). The number of aromatic amines is 1. The minimum atomic E-state index is -0.130. The highest BCUT2D eigenvalue weighted by molar-refractivity contribution is 5.78. The number of nitrogens with one attached hydrogen (secondary N) is 1. The van der Waals surface area contributed by atoms with E-state index >= 15 is 0 Å². The van der Waals surface area contributed by atoms with Gasteiger partial charge in [0, 0.05) is 5.56 Å². The number of nitrogens with zero attached hydrogens (tertiary/aromatic N) is 3. The lowest BCUT2D eigenvalue weighted by Gasteiger charge is -2.13. The van der Waals surface area contributed by atoms with Crippen LogP contribution in [-0.4, -0.2) is 20.0 Å². The highest BCUT2D eigenvalue weighted by Gasteiger charge is 2.19. The summed E-state index contributed by atoms with van der Waals surface area (Å²) in [5.41, 5.74) is 5.35. The Labute approximate surface area is 121 Å². The molecule has 1 aromatic carbocycles. The molecule has 0 bridgehead atoms. The van der Waals surface area contributed by atoms with Crippen molar-refractivity contribution in [2.45, 2.75) is 32.6 Å². The van der Waals surface area contributed by atoms with Gasteiger partial charge in [-0.05, 0) is 44.7 Å². The summed E-state index contributed by atoms with van der Waals surface area (Å²) in [4.78, 5) is 12.5. The Bertz CT molecular complexity index is 874. The molecule has 2 aromatic heterocycles. The molecule has 5 nitrogen and oxygen atoms in total. The fraction of sp³-hybridized carbons (Fsp3) is 0.312. The van der Waals surface area contributed by atoms with Crippen molar-refractivity contribution in [2.24, 2.45) is 0 Å². The molecule has 21 heavy (non-hydrogen) atoms. The first-order chi connectivity index (χ1) is 10.2. The van der Waals surface area contributed by atoms with E-state index in [-0.39, 0.29) is 5.56 Å². The van der Waals surface area contributed by atoms with Gasteiger partial charge < -0.3 is 0 Å². The highest BCUT2D eigenvalue weighted by Crippen LogP contribution is 2.24. The van der Waals surface area contributed by atoms with Crippen molar-refractivity contribution in [3.63, 3.8) is 0 Å². The molecule has 2 heterocycles. The van der Waals surface area contributed by atoms with Crippen LogP contribution in [0.2, 0.25) is 0 Å². The van der Waals surface area contributed by atoms with Gasteiger partial charge >= 0.3 is 0 Å². The Hall–Kier alpha value is -2.43. The molecule has 5 heteroatoms. The Morgan fingerprint density at radius 3 is 2.67 bits per heavy atom. The number of aromatic nitrogens is 4. The lowest BCUT2D eigenvalue weighted by atomic mass is 9.96. The minimum absolute atomic E-state index is 0.130. The maximum absolute atomic E-state index is 12.5. The molecule has 1 N–H and O–H groups in total. The summed E-state index contributed by atoms with van der Waals surface area (Å²) in [6.07, 6.45) is 4.22. The van der Waals surface area contributed by atoms with Crippen molar-refractivity contribution in [3.05, 3.63) is 51.4 Å². The predicted octanol–water partition coefficient (Wildman–Crippen LogP) is 2.30. The smallest absolute Gasteiger partial charge is 0.288 e. The Balaban J connectivity index is 1.97. The Morgan fingerprint density at radius 1 is 1.10 bits per heavy atom. The van der Waals surface area contributed by atoms with Gasteiger partial charge in [-0.3, -0.25) is 9.89 Å². The first-order valence-electron chi connectivity index (χ1n) is 7.30. The van der Waals surface area contributed by atoms with Crippen LogP contribution in [-0.2, 0) is 12.8 Å². The molecule has 3 aromatic rings. The predicted molar refractivity (Wildman–Crippen MR) is 80.9 cm³/mol. The van der Waals surface area contributed by atoms with E-state index in [0.717, 1.165) is 48.1 Å². The number of hydrogen-bond donors (Lipinski definition) is 1. The van der Waals surface area contributed by atoms with Crippen LogP contribution in [0.5, 0.6) is 0 Å². The summed E-state index contributed by atoms with van der Waals surface area (Å²) < 4.78 is 1.56. The molecule has 1 aliphatic rings. The van der Waals surface area contributed by atoms with E-state index < -0.39 is 0 Å². The number of aryl methyl sites for hydroxylation is 3. The summed E-state index contributed by atoms with van der Waals surface area (Å²) in [5.74, 6) is 0. The van der Waals surface area contributed by atoms with E-state index in [1.165, 1.54) is 5.56 Å². The summed E-state index contributed by atoms with van der Waals surface area (Å²) in [5, 5.41) is 11.6. The molecule has 0 amide bonds. The van der Waals surface area contributed by atoms with Crippen LogP contribution in [0.4, 0.5) is 0 Å². The van der Waals surface area contributed by atoms with E-state index in [4.69, 9.17) is 0 Å². The fourth-order valence-corrected chi connectivity index (χ4v) is 2.99. The van der Waals surface area contributed by atoms with E-state index in [2.05, 4.69) is 15.3 Å². The summed E-state index contributed by atoms with van der Waals surface area (Å²) in [6, 6.07) is 7.86. The quantitative estimate of drug-likeness (QED) is 0.744. The molecular weight excluding hydrogens is 264 g/mol. The van der Waals surface area contributed by atoms with Crippen LogP contribution in [0.3, 0.4) is 0 Å². The van der Waals surface area contributed by atoms with Gasteiger partial charge in [-0.25, -0.2) is 4.68 Å². The standard InChI is InChI=1S/C16H16N4O/c1-10-6-8-11(9-7-10)20-16(21)15-14(19-20)12-4-2-3-5-13(12)17-18-15/h6-9,19H,2-5H2,1H3. The molecule has 0 fully saturated rings. The van der Waals surface area contributed by atoms with Crippen LogP contribution < -0.4 is 5.56 Å². The summed E-state index contributed by atoms with van der Waals surface area (Å²) in [6.45, 7) is 2.03. The lowest BCUT2D eigenvalue weighted by molar-refractivity contribution is 0.661. The van der Waals surface area contributed by atoms with Gasteiger partial charge in [0.15, 0.2) is 5.52 Å². The molecule has 0 saturated heterocycles. The average Bonchev–Trinajstić information content (AvgIpc) is 2.86. The number of rotatable bonds is 1. The second kappa shape index (κ2) is 4.55. The van der Waals surface area contributed by atoms with E-state index in [0.29, 0.717) is 5.52 Å². The van der Waals surface area contributed by atoms with Crippen LogP contribution in [0.15, 0.2) is 29.1 Å². The van der Waals surface area contributed by atoms with Crippen LogP contribution >= 0.6 is 0 Å². The van der Waals surface area contributed by atoms with Gasteiger partial charge in [0.2, 0.25) is 0 Å². The molecule has 0 unspecified atom stereocenters. The van der Waals surface area contributed by atoms with Crippen molar-refractivity contribution < 1.29 is 0 Å². The van der Waals surface area contributed by atoms with Crippen molar-refractivity contribution in [1.29, 1.82) is 0 Å². The van der Waals surface area contributed by atoms with Gasteiger partial charge in [0.05, 0.1) is 16.9 Å². The molecule has 106 valence electrons. The third-order valence-corrected chi connectivity index (χ3v) is 4.17. The third kappa shape index (κ3) is 1.88. The fourth-order valence-electron chi connectivity index (χ4n) is 2.99. The van der Waals surface area contributed by atoms with Gasteiger partial charge in [0.25, 0.3) is 5.56 Å². The summed E-state index contributed by atoms with van der Waals surface area (Å²) in [7, 11) is 0. The Morgan fingerprint density at radius 2 is 1.86 bits per heavy atom. The zero-order valence-electron chi connectivity index (χ0n) is 11.9. The number of benzene rings is 1. The topological polar surface area (TPSA) is 63.6 Å². The first kappa shape index (κ1) is 12.3. The first-order valence-corrected chi connectivity index (χ1v) is 7.30. The monoisotopic (exact) mass is 280 g/mol. The second-order valence-corrected chi connectivity index (χ2v) is 5.64. The molecule has 1 aliphatic carbocycles. The molecule has 0 radical (unpaired) electrons. The number of fused-ring (bicyclic) bond motifs is 3. The molecule has 0 spiro atoms. The van der Waals surface area contributed by atoms with Crippen molar-refractivity contribution >= 4 is 11.0 Å². The van der Waals surface area contributed by atoms with E-state index in [1.54, 1.807) is 4.68 Å². The van der Waals surface area contributed by atoms with Gasteiger partial charge in [-0.1, -0.05) is 17.7 Å². The molecule has 0 aliphatic heterocycles. The zero-order valence-corrected chi connectivity index (χ0v) is 11.9. The number of H-pyrrole nitrogens is 1. The van der Waals surface area contributed by atoms with Gasteiger partial charge in [-0.2, -0.15) is 5.10 Å². The second-order valence-electron chi connectivity index (χ2n) is 5.64. The third-order valence-electron chi connectivity index (χ3n) is 4.17. The van der Waals surface area contributed by atoms with Crippen LogP contribution in [0.1, 0.15) is 29.7 Å². The van der Waals surface area contributed by atoms with Crippen molar-refractivity contribution in [1.82, 2.24) is 20.0 Å². The zero-order chi connectivity index (χ0) is 14.4. The highest BCUT2D eigenvalue weighted by atomic mass is 16.1. The SMILES string of the molecule is Cc1ccc(-n2[nH]c3c4c(nnc3c2=O)CCCC4)cc1.